The number of fused-ring (bicyclic) bond motifs is 1. The van der Waals surface area contributed by atoms with Crippen LogP contribution in [0.15, 0.2) is 24.7 Å². The van der Waals surface area contributed by atoms with Crippen molar-refractivity contribution in [2.24, 2.45) is 0 Å². The van der Waals surface area contributed by atoms with Crippen molar-refractivity contribution in [1.82, 2.24) is 9.55 Å². The molecule has 1 aliphatic carbocycles. The van der Waals surface area contributed by atoms with Gasteiger partial charge < -0.3 is 4.57 Å². The van der Waals surface area contributed by atoms with E-state index in [4.69, 9.17) is 0 Å². The highest BCUT2D eigenvalue weighted by Crippen LogP contribution is 2.48. The van der Waals surface area contributed by atoms with E-state index in [9.17, 15) is 0 Å². The molecular formula is C13H16N2. The van der Waals surface area contributed by atoms with E-state index >= 15 is 0 Å². The molecule has 2 nitrogen and oxygen atoms in total. The fraction of sp³-hybridized carbons (Fsp3) is 0.462. The lowest BCUT2D eigenvalue weighted by Crippen LogP contribution is -2.14. The molecule has 15 heavy (non-hydrogen) atoms. The van der Waals surface area contributed by atoms with E-state index in [0.29, 0.717) is 5.54 Å². The van der Waals surface area contributed by atoms with Gasteiger partial charge in [0.25, 0.3) is 0 Å². The van der Waals surface area contributed by atoms with Crippen molar-refractivity contribution in [3.63, 3.8) is 0 Å². The molecule has 0 amide bonds. The predicted octanol–water partition coefficient (Wildman–Crippen LogP) is 3.24. The average Bonchev–Trinajstić information content (AvgIpc) is 3.00. The minimum atomic E-state index is 0.424. The molecular weight excluding hydrogens is 184 g/mol. The van der Waals surface area contributed by atoms with Gasteiger partial charge in [0.05, 0.1) is 5.52 Å². The highest BCUT2D eigenvalue weighted by atomic mass is 15.1. The maximum absolute atomic E-state index is 4.20. The topological polar surface area (TPSA) is 17.8 Å². The van der Waals surface area contributed by atoms with Crippen molar-refractivity contribution in [2.75, 3.05) is 0 Å². The lowest BCUT2D eigenvalue weighted by atomic mass is 10.2. The smallest absolute Gasteiger partial charge is 0.0519 e. The number of pyridine rings is 1. The Kier molecular flexibility index (Phi) is 1.70. The van der Waals surface area contributed by atoms with Crippen LogP contribution in [0.25, 0.3) is 10.9 Å². The first kappa shape index (κ1) is 8.96. The third-order valence-electron chi connectivity index (χ3n) is 3.80. The molecule has 78 valence electrons. The van der Waals surface area contributed by atoms with Gasteiger partial charge in [0, 0.05) is 29.5 Å². The van der Waals surface area contributed by atoms with Crippen LogP contribution in [0.3, 0.4) is 0 Å². The van der Waals surface area contributed by atoms with E-state index in [0.717, 1.165) is 0 Å². The third kappa shape index (κ3) is 1.14. The fourth-order valence-electron chi connectivity index (χ4n) is 2.54. The maximum atomic E-state index is 4.20. The summed E-state index contributed by atoms with van der Waals surface area (Å²) >= 11 is 0. The van der Waals surface area contributed by atoms with Crippen molar-refractivity contribution < 1.29 is 0 Å². The van der Waals surface area contributed by atoms with Crippen LogP contribution < -0.4 is 0 Å². The highest BCUT2D eigenvalue weighted by Gasteiger charge is 2.43. The van der Waals surface area contributed by atoms with E-state index in [2.05, 4.69) is 35.7 Å². The summed E-state index contributed by atoms with van der Waals surface area (Å²) in [5.74, 6) is 0. The molecule has 3 rings (SSSR count). The van der Waals surface area contributed by atoms with Crippen molar-refractivity contribution in [2.45, 2.75) is 38.6 Å². The Labute approximate surface area is 89.9 Å². The van der Waals surface area contributed by atoms with Gasteiger partial charge in [-0.25, -0.2) is 0 Å². The fourth-order valence-corrected chi connectivity index (χ4v) is 2.54. The van der Waals surface area contributed by atoms with Crippen molar-refractivity contribution in [1.29, 1.82) is 0 Å². The van der Waals surface area contributed by atoms with Crippen LogP contribution in [0.2, 0.25) is 0 Å². The van der Waals surface area contributed by atoms with E-state index in [1.807, 2.05) is 12.4 Å². The van der Waals surface area contributed by atoms with Gasteiger partial charge in [-0.2, -0.15) is 0 Å². The molecule has 0 atom stereocenters. The Morgan fingerprint density at radius 3 is 2.93 bits per heavy atom. The first-order chi connectivity index (χ1) is 7.27. The Hall–Kier alpha value is -1.31. The average molecular weight is 200 g/mol. The molecule has 0 bridgehead atoms. The molecule has 0 aliphatic heterocycles. The summed E-state index contributed by atoms with van der Waals surface area (Å²) in [5, 5.41) is 1.30. The number of aromatic nitrogens is 2. The predicted molar refractivity (Wildman–Crippen MR) is 62.0 cm³/mol. The molecule has 0 radical (unpaired) electrons. The van der Waals surface area contributed by atoms with Gasteiger partial charge in [-0.15, -0.1) is 0 Å². The zero-order valence-electron chi connectivity index (χ0n) is 9.33. The second kappa shape index (κ2) is 2.84. The van der Waals surface area contributed by atoms with Crippen molar-refractivity contribution in [3.8, 4) is 0 Å². The van der Waals surface area contributed by atoms with Gasteiger partial charge in [-0.3, -0.25) is 4.98 Å². The van der Waals surface area contributed by atoms with Crippen LogP contribution in [0.4, 0.5) is 0 Å². The Morgan fingerprint density at radius 1 is 1.47 bits per heavy atom. The first-order valence-corrected chi connectivity index (χ1v) is 5.69. The largest absolute Gasteiger partial charge is 0.341 e. The third-order valence-corrected chi connectivity index (χ3v) is 3.80. The minimum absolute atomic E-state index is 0.424. The molecule has 2 aromatic rings. The van der Waals surface area contributed by atoms with Crippen molar-refractivity contribution >= 4 is 10.9 Å². The summed E-state index contributed by atoms with van der Waals surface area (Å²) in [6.07, 6.45) is 10.1. The number of hydrogen-bond donors (Lipinski definition) is 0. The summed E-state index contributed by atoms with van der Waals surface area (Å²) in [6.45, 7) is 4.46. The van der Waals surface area contributed by atoms with Crippen LogP contribution in [-0.2, 0) is 5.54 Å². The summed E-state index contributed by atoms with van der Waals surface area (Å²) in [7, 11) is 0. The van der Waals surface area contributed by atoms with Gasteiger partial charge in [-0.05, 0) is 37.8 Å². The maximum Gasteiger partial charge on any atom is 0.0519 e. The van der Waals surface area contributed by atoms with Crippen LogP contribution in [-0.4, -0.2) is 9.55 Å². The quantitative estimate of drug-likeness (QED) is 0.727. The lowest BCUT2D eigenvalue weighted by Gasteiger charge is -2.16. The molecule has 0 saturated heterocycles. The Balaban J connectivity index is 2.28. The minimum Gasteiger partial charge on any atom is -0.341 e. The summed E-state index contributed by atoms with van der Waals surface area (Å²) in [6, 6.07) is 2.14. The van der Waals surface area contributed by atoms with E-state index in [1.165, 1.54) is 35.7 Å². The monoisotopic (exact) mass is 200 g/mol. The lowest BCUT2D eigenvalue weighted by molar-refractivity contribution is 0.480. The second-order valence-corrected chi connectivity index (χ2v) is 4.65. The second-order valence-electron chi connectivity index (χ2n) is 4.65. The number of rotatable bonds is 2. The van der Waals surface area contributed by atoms with E-state index in [-0.39, 0.29) is 0 Å². The van der Waals surface area contributed by atoms with Gasteiger partial charge in [0.15, 0.2) is 0 Å². The van der Waals surface area contributed by atoms with Gasteiger partial charge >= 0.3 is 0 Å². The number of hydrogen-bond acceptors (Lipinski definition) is 1. The molecule has 0 aromatic carbocycles. The normalized spacial score (nSPS) is 18.3. The van der Waals surface area contributed by atoms with Gasteiger partial charge in [0.1, 0.15) is 0 Å². The molecule has 2 heteroatoms. The Bertz CT molecular complexity index is 506. The zero-order chi connectivity index (χ0) is 10.5. The van der Waals surface area contributed by atoms with Gasteiger partial charge in [0.2, 0.25) is 0 Å². The highest BCUT2D eigenvalue weighted by molar-refractivity contribution is 5.83. The molecule has 2 heterocycles. The SMILES string of the molecule is CCC1(n2cc(C)c3cnccc32)CC1. The van der Waals surface area contributed by atoms with Crippen LogP contribution >= 0.6 is 0 Å². The zero-order valence-corrected chi connectivity index (χ0v) is 9.33. The Morgan fingerprint density at radius 2 is 2.27 bits per heavy atom. The van der Waals surface area contributed by atoms with Crippen LogP contribution in [0.1, 0.15) is 31.7 Å². The summed E-state index contributed by atoms with van der Waals surface area (Å²) in [5.41, 5.74) is 3.12. The van der Waals surface area contributed by atoms with Crippen molar-refractivity contribution in [3.05, 3.63) is 30.2 Å². The van der Waals surface area contributed by atoms with E-state index < -0.39 is 0 Å². The summed E-state index contributed by atoms with van der Waals surface area (Å²) < 4.78 is 2.47. The first-order valence-electron chi connectivity index (χ1n) is 5.69. The molecule has 0 spiro atoms. The van der Waals surface area contributed by atoms with Crippen LogP contribution in [0.5, 0.6) is 0 Å². The number of aryl methyl sites for hydroxylation is 1. The number of nitrogens with zero attached hydrogens (tertiary/aromatic N) is 2. The molecule has 1 saturated carbocycles. The molecule has 2 aromatic heterocycles. The molecule has 1 aliphatic rings. The molecule has 1 fully saturated rings. The van der Waals surface area contributed by atoms with Crippen LogP contribution in [0, 0.1) is 6.92 Å². The van der Waals surface area contributed by atoms with Gasteiger partial charge in [-0.1, -0.05) is 6.92 Å². The standard InChI is InChI=1S/C13H16N2/c1-3-13(5-6-13)15-9-10(2)11-8-14-7-4-12(11)15/h4,7-9H,3,5-6H2,1-2H3. The summed E-state index contributed by atoms with van der Waals surface area (Å²) in [4.78, 5) is 4.20. The molecule has 0 unspecified atom stereocenters. The van der Waals surface area contributed by atoms with E-state index in [1.54, 1.807) is 0 Å². The molecule has 0 N–H and O–H groups in total.